The molecular weight excluding hydrogens is 285 g/mol. The van der Waals surface area contributed by atoms with Crippen LogP contribution in [0.4, 0.5) is 13.2 Å². The van der Waals surface area contributed by atoms with Crippen LogP contribution in [-0.2, 0) is 6.54 Å². The fraction of sp³-hybridized carbons (Fsp3) is 0.500. The third-order valence-corrected chi connectivity index (χ3v) is 2.47. The highest BCUT2D eigenvalue weighted by atomic mass is 79.9. The molecule has 0 atom stereocenters. The number of pyridine rings is 1. The Kier molecular flexibility index (Phi) is 4.73. The van der Waals surface area contributed by atoms with Crippen molar-refractivity contribution in [3.63, 3.8) is 0 Å². The molecule has 0 aromatic carbocycles. The minimum atomic E-state index is -4.10. The Morgan fingerprint density at radius 2 is 2.06 bits per heavy atom. The van der Waals surface area contributed by atoms with E-state index in [1.165, 1.54) is 0 Å². The van der Waals surface area contributed by atoms with Crippen LogP contribution in [0.3, 0.4) is 0 Å². The van der Waals surface area contributed by atoms with Crippen LogP contribution in [0.25, 0.3) is 0 Å². The zero-order chi connectivity index (χ0) is 12.2. The molecule has 1 aromatic rings. The normalized spacial score (nSPS) is 12.1. The highest BCUT2D eigenvalue weighted by Gasteiger charge is 2.27. The highest BCUT2D eigenvalue weighted by Crippen LogP contribution is 2.19. The summed E-state index contributed by atoms with van der Waals surface area (Å²) < 4.78 is 36.7. The van der Waals surface area contributed by atoms with Crippen molar-refractivity contribution in [3.8, 4) is 0 Å². The van der Waals surface area contributed by atoms with Crippen LogP contribution in [0.1, 0.15) is 12.1 Å². The molecular formula is C10H12BrF3N2. The minimum Gasteiger partial charge on any atom is -0.300 e. The van der Waals surface area contributed by atoms with Gasteiger partial charge in [0.15, 0.2) is 0 Å². The Bertz CT molecular complexity index is 324. The van der Waals surface area contributed by atoms with Crippen LogP contribution < -0.4 is 0 Å². The predicted octanol–water partition coefficient (Wildman–Crippen LogP) is 3.23. The fourth-order valence-corrected chi connectivity index (χ4v) is 1.41. The van der Waals surface area contributed by atoms with Gasteiger partial charge in [-0.3, -0.25) is 4.98 Å². The second-order valence-corrected chi connectivity index (χ2v) is 4.49. The van der Waals surface area contributed by atoms with Gasteiger partial charge in [-0.1, -0.05) is 0 Å². The van der Waals surface area contributed by atoms with Gasteiger partial charge in [-0.25, -0.2) is 0 Å². The van der Waals surface area contributed by atoms with Crippen LogP contribution in [0.2, 0.25) is 0 Å². The first-order valence-corrected chi connectivity index (χ1v) is 5.52. The average molecular weight is 297 g/mol. The van der Waals surface area contributed by atoms with Crippen LogP contribution in [0.5, 0.6) is 0 Å². The van der Waals surface area contributed by atoms with Gasteiger partial charge < -0.3 is 4.90 Å². The molecule has 0 amide bonds. The Hall–Kier alpha value is -0.620. The molecule has 0 fully saturated rings. The first kappa shape index (κ1) is 13.4. The lowest BCUT2D eigenvalue weighted by molar-refractivity contribution is -0.137. The van der Waals surface area contributed by atoms with Gasteiger partial charge in [-0.05, 0) is 35.1 Å². The van der Waals surface area contributed by atoms with E-state index in [2.05, 4.69) is 20.9 Å². The van der Waals surface area contributed by atoms with Crippen LogP contribution in [0, 0.1) is 0 Å². The van der Waals surface area contributed by atoms with Crippen molar-refractivity contribution in [2.75, 3.05) is 13.6 Å². The van der Waals surface area contributed by atoms with Crippen LogP contribution in [-0.4, -0.2) is 29.7 Å². The van der Waals surface area contributed by atoms with E-state index in [1.54, 1.807) is 24.2 Å². The predicted molar refractivity (Wildman–Crippen MR) is 58.9 cm³/mol. The maximum atomic E-state index is 12.0. The van der Waals surface area contributed by atoms with Crippen molar-refractivity contribution in [2.24, 2.45) is 0 Å². The summed E-state index contributed by atoms with van der Waals surface area (Å²) in [4.78, 5) is 5.69. The molecule has 0 aliphatic carbocycles. The molecule has 0 spiro atoms. The lowest BCUT2D eigenvalue weighted by Crippen LogP contribution is -2.24. The topological polar surface area (TPSA) is 16.1 Å². The van der Waals surface area contributed by atoms with Gasteiger partial charge in [0.1, 0.15) is 0 Å². The summed E-state index contributed by atoms with van der Waals surface area (Å²) in [5.74, 6) is 0. The fourth-order valence-electron chi connectivity index (χ4n) is 1.17. The van der Waals surface area contributed by atoms with E-state index in [0.29, 0.717) is 6.54 Å². The number of aromatic nitrogens is 1. The molecule has 0 radical (unpaired) electrons. The summed E-state index contributed by atoms with van der Waals surface area (Å²) in [6, 6.07) is 3.61. The lowest BCUT2D eigenvalue weighted by atomic mass is 10.3. The van der Waals surface area contributed by atoms with Gasteiger partial charge in [0.05, 0.1) is 12.1 Å². The zero-order valence-electron chi connectivity index (χ0n) is 8.76. The van der Waals surface area contributed by atoms with Gasteiger partial charge >= 0.3 is 6.18 Å². The molecule has 90 valence electrons. The molecule has 2 nitrogen and oxygen atoms in total. The Balaban J connectivity index is 2.39. The molecule has 0 N–H and O–H groups in total. The third kappa shape index (κ3) is 5.46. The van der Waals surface area contributed by atoms with Gasteiger partial charge in [-0.15, -0.1) is 0 Å². The summed E-state index contributed by atoms with van der Waals surface area (Å²) in [6.45, 7) is 0.407. The first-order valence-electron chi connectivity index (χ1n) is 4.72. The number of alkyl halides is 3. The SMILES string of the molecule is CN(CCC(F)(F)F)Cc1ccc(Br)cn1. The maximum Gasteiger partial charge on any atom is 0.390 e. The quantitative estimate of drug-likeness (QED) is 0.848. The maximum absolute atomic E-state index is 12.0. The molecule has 16 heavy (non-hydrogen) atoms. The lowest BCUT2D eigenvalue weighted by Gasteiger charge is -2.17. The molecule has 0 aliphatic rings. The number of halogens is 4. The smallest absolute Gasteiger partial charge is 0.300 e. The largest absolute Gasteiger partial charge is 0.390 e. The van der Waals surface area contributed by atoms with Crippen molar-refractivity contribution in [1.82, 2.24) is 9.88 Å². The van der Waals surface area contributed by atoms with E-state index in [1.807, 2.05) is 6.07 Å². The summed E-state index contributed by atoms with van der Waals surface area (Å²) in [5, 5.41) is 0. The molecule has 0 unspecified atom stereocenters. The van der Waals surface area contributed by atoms with Crippen LogP contribution >= 0.6 is 15.9 Å². The molecule has 1 heterocycles. The van der Waals surface area contributed by atoms with Gasteiger partial charge in [0, 0.05) is 23.8 Å². The second-order valence-electron chi connectivity index (χ2n) is 3.57. The standard InChI is InChI=1S/C10H12BrF3N2/c1-16(5-4-10(12,13)14)7-9-3-2-8(11)6-15-9/h2-3,6H,4-5,7H2,1H3. The van der Waals surface area contributed by atoms with Crippen molar-refractivity contribution >= 4 is 15.9 Å². The summed E-state index contributed by atoms with van der Waals surface area (Å²) in [6.07, 6.45) is -3.26. The molecule has 0 saturated carbocycles. The van der Waals surface area contributed by atoms with Gasteiger partial charge in [0.25, 0.3) is 0 Å². The number of rotatable bonds is 4. The van der Waals surface area contributed by atoms with E-state index in [4.69, 9.17) is 0 Å². The molecule has 0 saturated heterocycles. The zero-order valence-corrected chi connectivity index (χ0v) is 10.3. The second kappa shape index (κ2) is 5.63. The van der Waals surface area contributed by atoms with Crippen molar-refractivity contribution in [2.45, 2.75) is 19.1 Å². The molecule has 1 rings (SSSR count). The Labute approximate surface area is 101 Å². The van der Waals surface area contributed by atoms with Crippen molar-refractivity contribution in [3.05, 3.63) is 28.5 Å². The minimum absolute atomic E-state index is 0.0127. The summed E-state index contributed by atoms with van der Waals surface area (Å²) in [7, 11) is 1.65. The van der Waals surface area contributed by atoms with E-state index in [0.717, 1.165) is 10.2 Å². The van der Waals surface area contributed by atoms with E-state index in [9.17, 15) is 13.2 Å². The Morgan fingerprint density at radius 3 is 2.56 bits per heavy atom. The van der Waals surface area contributed by atoms with Crippen LogP contribution in [0.15, 0.2) is 22.8 Å². The number of hydrogen-bond donors (Lipinski definition) is 0. The Morgan fingerprint density at radius 1 is 1.38 bits per heavy atom. The number of nitrogens with zero attached hydrogens (tertiary/aromatic N) is 2. The van der Waals surface area contributed by atoms with Crippen molar-refractivity contribution < 1.29 is 13.2 Å². The van der Waals surface area contributed by atoms with Gasteiger partial charge in [-0.2, -0.15) is 13.2 Å². The van der Waals surface area contributed by atoms with Gasteiger partial charge in [0.2, 0.25) is 0 Å². The third-order valence-electron chi connectivity index (χ3n) is 2.00. The molecule has 0 bridgehead atoms. The van der Waals surface area contributed by atoms with E-state index >= 15 is 0 Å². The number of hydrogen-bond acceptors (Lipinski definition) is 2. The van der Waals surface area contributed by atoms with E-state index in [-0.39, 0.29) is 6.54 Å². The molecule has 1 aromatic heterocycles. The monoisotopic (exact) mass is 296 g/mol. The summed E-state index contributed by atoms with van der Waals surface area (Å²) >= 11 is 3.24. The van der Waals surface area contributed by atoms with Crippen molar-refractivity contribution in [1.29, 1.82) is 0 Å². The average Bonchev–Trinajstić information content (AvgIpc) is 2.18. The molecule has 6 heteroatoms. The first-order chi connectivity index (χ1) is 7.37. The summed E-state index contributed by atoms with van der Waals surface area (Å²) in [5.41, 5.74) is 0.757. The van der Waals surface area contributed by atoms with E-state index < -0.39 is 12.6 Å². The molecule has 0 aliphatic heterocycles. The highest BCUT2D eigenvalue weighted by molar-refractivity contribution is 9.10.